The van der Waals surface area contributed by atoms with E-state index in [0.717, 1.165) is 37.0 Å². The Morgan fingerprint density at radius 3 is 2.65 bits per heavy atom. The van der Waals surface area contributed by atoms with E-state index in [0.29, 0.717) is 10.8 Å². The molecule has 3 fully saturated rings. The highest BCUT2D eigenvalue weighted by Crippen LogP contribution is 2.65. The Morgan fingerprint density at radius 2 is 1.87 bits per heavy atom. The zero-order chi connectivity index (χ0) is 16.2. The first-order chi connectivity index (χ1) is 11.0. The average molecular weight is 318 g/mol. The van der Waals surface area contributed by atoms with Crippen molar-refractivity contribution in [1.82, 2.24) is 0 Å². The Kier molecular flexibility index (Phi) is 3.75. The van der Waals surface area contributed by atoms with E-state index in [1.165, 1.54) is 37.7 Å². The number of rotatable bonds is 2. The van der Waals surface area contributed by atoms with Crippen molar-refractivity contribution in [2.45, 2.75) is 71.3 Å². The topological polar surface area (TPSA) is 38.7 Å². The first kappa shape index (κ1) is 15.9. The monoisotopic (exact) mass is 318 g/mol. The normalized spacial score (nSPS) is 49.2. The number of hydrogen-bond acceptors (Lipinski definition) is 3. The van der Waals surface area contributed by atoms with Crippen molar-refractivity contribution in [2.24, 2.45) is 28.6 Å². The van der Waals surface area contributed by atoms with Crippen LogP contribution in [0, 0.1) is 28.6 Å². The van der Waals surface area contributed by atoms with Crippen LogP contribution in [0.4, 0.5) is 0 Å². The van der Waals surface area contributed by atoms with Gasteiger partial charge in [-0.05, 0) is 80.0 Å². The molecule has 3 unspecified atom stereocenters. The Hall–Kier alpha value is -0.640. The van der Waals surface area contributed by atoms with E-state index >= 15 is 0 Å². The molecular weight excluding hydrogens is 288 g/mol. The molecule has 3 nitrogen and oxygen atoms in total. The molecule has 0 aromatic heterocycles. The molecule has 0 amide bonds. The second-order valence-electron chi connectivity index (χ2n) is 8.89. The summed E-state index contributed by atoms with van der Waals surface area (Å²) in [5, 5.41) is 12.5. The van der Waals surface area contributed by atoms with Gasteiger partial charge in [0, 0.05) is 0 Å². The highest BCUT2D eigenvalue weighted by atomic mass is 17.5. The van der Waals surface area contributed by atoms with Crippen molar-refractivity contribution < 1.29 is 15.2 Å². The minimum Gasteiger partial charge on any atom is -0.221 e. The summed E-state index contributed by atoms with van der Waals surface area (Å²) in [4.78, 5) is 5.02. The van der Waals surface area contributed by atoms with Crippen LogP contribution in [0.5, 0.6) is 0 Å². The first-order valence-electron chi connectivity index (χ1n) is 9.33. The molecule has 4 aliphatic carbocycles. The molecule has 0 spiro atoms. The molecule has 23 heavy (non-hydrogen) atoms. The molecule has 128 valence electrons. The summed E-state index contributed by atoms with van der Waals surface area (Å²) in [6.45, 7) is 9.37. The van der Waals surface area contributed by atoms with Crippen molar-refractivity contribution >= 4 is 0 Å². The van der Waals surface area contributed by atoms with Crippen LogP contribution >= 0.6 is 0 Å². The molecule has 0 saturated heterocycles. The molecular formula is C20H30O3. The van der Waals surface area contributed by atoms with Crippen molar-refractivity contribution in [3.63, 3.8) is 0 Å². The maximum Gasteiger partial charge on any atom is 0.0998 e. The number of hydrogen-bond donors (Lipinski definition) is 1. The minimum atomic E-state index is 0.0102. The van der Waals surface area contributed by atoms with Crippen LogP contribution < -0.4 is 0 Å². The highest BCUT2D eigenvalue weighted by molar-refractivity contribution is 5.28. The zero-order valence-corrected chi connectivity index (χ0v) is 14.5. The molecule has 4 aliphatic rings. The average Bonchev–Trinajstić information content (AvgIpc) is 2.84. The van der Waals surface area contributed by atoms with Crippen LogP contribution in [0.1, 0.15) is 65.2 Å². The lowest BCUT2D eigenvalue weighted by molar-refractivity contribution is -0.507. The van der Waals surface area contributed by atoms with Crippen LogP contribution in [-0.4, -0.2) is 11.4 Å². The molecule has 6 atom stereocenters. The van der Waals surface area contributed by atoms with Gasteiger partial charge >= 0.3 is 0 Å². The molecule has 1 N–H and O–H groups in total. The molecule has 0 aliphatic heterocycles. The van der Waals surface area contributed by atoms with Crippen molar-refractivity contribution in [3.05, 3.63) is 23.8 Å². The zero-order valence-electron chi connectivity index (χ0n) is 14.5. The third-order valence-electron chi connectivity index (χ3n) is 8.19. The van der Waals surface area contributed by atoms with Crippen LogP contribution in [0.25, 0.3) is 0 Å². The third-order valence-corrected chi connectivity index (χ3v) is 8.19. The minimum absolute atomic E-state index is 0.0102. The summed E-state index contributed by atoms with van der Waals surface area (Å²) in [6, 6.07) is 0. The molecule has 0 radical (unpaired) electrons. The van der Waals surface area contributed by atoms with E-state index in [1.54, 1.807) is 5.57 Å². The molecule has 3 heteroatoms. The molecule has 4 rings (SSSR count). The van der Waals surface area contributed by atoms with Crippen LogP contribution in [0.3, 0.4) is 0 Å². The Bertz CT molecular complexity index is 539. The number of allylic oxidation sites excluding steroid dienone is 2. The number of fused-ring (bicyclic) bond motifs is 5. The van der Waals surface area contributed by atoms with Gasteiger partial charge in [0.25, 0.3) is 0 Å². The van der Waals surface area contributed by atoms with E-state index in [1.807, 2.05) is 0 Å². The second-order valence-corrected chi connectivity index (χ2v) is 8.89. The fourth-order valence-corrected chi connectivity index (χ4v) is 6.68. The van der Waals surface area contributed by atoms with Gasteiger partial charge in [-0.25, -0.2) is 10.1 Å². The van der Waals surface area contributed by atoms with E-state index in [-0.39, 0.29) is 6.10 Å². The fourth-order valence-electron chi connectivity index (χ4n) is 6.68. The van der Waals surface area contributed by atoms with Crippen LogP contribution in [0.2, 0.25) is 0 Å². The largest absolute Gasteiger partial charge is 0.221 e. The van der Waals surface area contributed by atoms with E-state index in [4.69, 9.17) is 10.1 Å². The Labute approximate surface area is 139 Å². The van der Waals surface area contributed by atoms with E-state index in [9.17, 15) is 0 Å². The Morgan fingerprint density at radius 1 is 1.13 bits per heavy atom. The van der Waals surface area contributed by atoms with Gasteiger partial charge in [-0.1, -0.05) is 42.7 Å². The predicted octanol–water partition coefficient (Wildman–Crippen LogP) is 5.30. The SMILES string of the molecule is C=C1CCC2C3CC=C4C[C@@H](OOO)CC[C@]4(C)C3CC[C@]12C. The van der Waals surface area contributed by atoms with Crippen molar-refractivity contribution in [1.29, 1.82) is 0 Å². The van der Waals surface area contributed by atoms with Gasteiger partial charge in [0.05, 0.1) is 6.10 Å². The highest BCUT2D eigenvalue weighted by Gasteiger charge is 2.56. The molecule has 0 aromatic carbocycles. The standard InChI is InChI=1S/C20H30O3/c1-13-4-7-17-16-6-5-14-12-15(22-23-21)8-10-20(14,3)18(16)9-11-19(13,17)2/h5,15-18,21H,1,4,6-12H2,2-3H3/t15-,16?,17?,18?,19+,20-/m0/s1. The summed E-state index contributed by atoms with van der Waals surface area (Å²) in [7, 11) is 0. The third kappa shape index (κ3) is 2.20. The lowest BCUT2D eigenvalue weighted by Gasteiger charge is -2.57. The summed E-state index contributed by atoms with van der Waals surface area (Å²) in [6.07, 6.45) is 12.0. The predicted molar refractivity (Wildman–Crippen MR) is 89.4 cm³/mol. The quantitative estimate of drug-likeness (QED) is 0.427. The lowest BCUT2D eigenvalue weighted by Crippen LogP contribution is -2.49. The maximum absolute atomic E-state index is 8.57. The molecule has 0 bridgehead atoms. The van der Waals surface area contributed by atoms with Gasteiger partial charge in [-0.3, -0.25) is 0 Å². The lowest BCUT2D eigenvalue weighted by atomic mass is 9.48. The fraction of sp³-hybridized carbons (Fsp3) is 0.800. The van der Waals surface area contributed by atoms with Crippen molar-refractivity contribution in [3.8, 4) is 0 Å². The van der Waals surface area contributed by atoms with E-state index in [2.05, 4.69) is 31.5 Å². The maximum atomic E-state index is 8.57. The first-order valence-corrected chi connectivity index (χ1v) is 9.33. The van der Waals surface area contributed by atoms with Gasteiger partial charge < -0.3 is 0 Å². The van der Waals surface area contributed by atoms with Gasteiger partial charge in [-0.2, -0.15) is 0 Å². The van der Waals surface area contributed by atoms with E-state index < -0.39 is 0 Å². The molecule has 3 saturated carbocycles. The van der Waals surface area contributed by atoms with Gasteiger partial charge in [-0.15, -0.1) is 0 Å². The second kappa shape index (κ2) is 5.44. The summed E-state index contributed by atoms with van der Waals surface area (Å²) >= 11 is 0. The van der Waals surface area contributed by atoms with Gasteiger partial charge in [0.15, 0.2) is 0 Å². The summed E-state index contributed by atoms with van der Waals surface area (Å²) in [5.41, 5.74) is 3.78. The molecule has 0 heterocycles. The summed E-state index contributed by atoms with van der Waals surface area (Å²) < 4.78 is 0. The molecule has 0 aromatic rings. The Balaban J connectivity index is 1.61. The summed E-state index contributed by atoms with van der Waals surface area (Å²) in [5.74, 6) is 2.47. The van der Waals surface area contributed by atoms with Crippen LogP contribution in [-0.2, 0) is 9.93 Å². The van der Waals surface area contributed by atoms with Crippen molar-refractivity contribution in [2.75, 3.05) is 0 Å². The van der Waals surface area contributed by atoms with Crippen LogP contribution in [0.15, 0.2) is 23.8 Å². The van der Waals surface area contributed by atoms with Gasteiger partial charge in [0.2, 0.25) is 0 Å². The van der Waals surface area contributed by atoms with Gasteiger partial charge in [0.1, 0.15) is 0 Å². The smallest absolute Gasteiger partial charge is 0.0998 e.